The Kier molecular flexibility index (Phi) is 5.70. The Bertz CT molecular complexity index is 1300. The minimum atomic E-state index is -2.03. The number of phenolic OH excluding ortho intramolecular Hbond substituents is 3. The molecule has 2 aliphatic rings. The normalized spacial score (nSPS) is 25.8. The van der Waals surface area contributed by atoms with E-state index in [4.69, 9.17) is 4.74 Å². The number of carbonyl (C=O) groups is 3. The van der Waals surface area contributed by atoms with Gasteiger partial charge in [0.05, 0.1) is 23.3 Å². The number of fused-ring (bicyclic) bond motifs is 2. The lowest BCUT2D eigenvalue weighted by atomic mass is 9.77. The SMILES string of the molecule is Cc1c(C(=O)O)c(O)cc2c1C(=O)c1c(O)c([C@@H]3OC(CO)[C@@H](O)C(O)C3O)c(O)c(O)c1C2=O. The highest BCUT2D eigenvalue weighted by Gasteiger charge is 2.48. The molecule has 0 aromatic heterocycles. The molecular weight excluding hydrogens is 472 g/mol. The van der Waals surface area contributed by atoms with Crippen molar-refractivity contribution in [2.75, 3.05) is 6.61 Å². The predicted molar refractivity (Wildman–Crippen MR) is 111 cm³/mol. The molecule has 0 spiro atoms. The molecule has 5 atom stereocenters. The van der Waals surface area contributed by atoms with Gasteiger partial charge in [-0.1, -0.05) is 0 Å². The molecule has 0 saturated carbocycles. The molecule has 1 fully saturated rings. The van der Waals surface area contributed by atoms with Crippen molar-refractivity contribution in [1.82, 2.24) is 0 Å². The number of benzene rings is 2. The van der Waals surface area contributed by atoms with Gasteiger partial charge in [0.25, 0.3) is 0 Å². The first-order valence-corrected chi connectivity index (χ1v) is 10.2. The monoisotopic (exact) mass is 492 g/mol. The average molecular weight is 492 g/mol. The van der Waals surface area contributed by atoms with Gasteiger partial charge >= 0.3 is 5.97 Å². The standard InChI is InChI=1S/C22H20O13/c1-4-8-5(2-6(24)9(4)22(33)34)13(25)10-11(15(8)27)16(28)12(18(30)17(10)29)21-20(32)19(31)14(26)7(3-23)35-21/h2,7,14,19-21,23-24,26,28-32H,3H2,1H3,(H,33,34)/t7?,14-,19?,20?,21+/m1/s1. The Morgan fingerprint density at radius 2 is 1.49 bits per heavy atom. The highest BCUT2D eigenvalue weighted by atomic mass is 16.5. The van der Waals surface area contributed by atoms with Crippen molar-refractivity contribution in [3.05, 3.63) is 45.0 Å². The molecule has 186 valence electrons. The molecule has 3 unspecified atom stereocenters. The van der Waals surface area contributed by atoms with E-state index in [0.717, 1.165) is 6.92 Å². The Labute approximate surface area is 195 Å². The highest BCUT2D eigenvalue weighted by Crippen LogP contribution is 2.52. The summed E-state index contributed by atoms with van der Waals surface area (Å²) < 4.78 is 5.30. The van der Waals surface area contributed by atoms with Crippen LogP contribution in [-0.2, 0) is 4.74 Å². The van der Waals surface area contributed by atoms with Gasteiger partial charge in [-0.3, -0.25) is 9.59 Å². The predicted octanol–water partition coefficient (Wildman–Crippen LogP) is -1.19. The van der Waals surface area contributed by atoms with Crippen LogP contribution in [0, 0.1) is 6.92 Å². The topological polar surface area (TPSA) is 243 Å². The maximum atomic E-state index is 13.4. The summed E-state index contributed by atoms with van der Waals surface area (Å²) in [5.41, 5.74) is -4.49. The van der Waals surface area contributed by atoms with Crippen LogP contribution in [0.4, 0.5) is 0 Å². The number of aliphatic hydroxyl groups is 4. The first kappa shape index (κ1) is 24.4. The number of ether oxygens (including phenoxy) is 1. The quantitative estimate of drug-likeness (QED) is 0.154. The van der Waals surface area contributed by atoms with E-state index in [1.807, 2.05) is 0 Å². The van der Waals surface area contributed by atoms with Gasteiger partial charge < -0.3 is 50.7 Å². The minimum Gasteiger partial charge on any atom is -0.507 e. The molecule has 4 rings (SSSR count). The van der Waals surface area contributed by atoms with Gasteiger partial charge in [0.1, 0.15) is 47.6 Å². The summed E-state index contributed by atoms with van der Waals surface area (Å²) >= 11 is 0. The lowest BCUT2D eigenvalue weighted by Crippen LogP contribution is -2.55. The number of aliphatic hydroxyl groups excluding tert-OH is 4. The maximum absolute atomic E-state index is 13.4. The Balaban J connectivity index is 1.99. The second-order valence-corrected chi connectivity index (χ2v) is 8.24. The zero-order valence-electron chi connectivity index (χ0n) is 17.8. The molecule has 1 aliphatic heterocycles. The van der Waals surface area contributed by atoms with E-state index in [-0.39, 0.29) is 5.56 Å². The van der Waals surface area contributed by atoms with Crippen LogP contribution in [0.15, 0.2) is 6.07 Å². The molecule has 2 aromatic carbocycles. The number of rotatable bonds is 3. The molecule has 0 radical (unpaired) electrons. The van der Waals surface area contributed by atoms with Gasteiger partial charge in [0, 0.05) is 11.1 Å². The summed E-state index contributed by atoms with van der Waals surface area (Å²) in [4.78, 5) is 38.1. The fraction of sp³-hybridized carbons (Fsp3) is 0.318. The zero-order valence-corrected chi connectivity index (χ0v) is 17.8. The molecule has 1 saturated heterocycles. The van der Waals surface area contributed by atoms with Crippen LogP contribution in [0.5, 0.6) is 23.0 Å². The summed E-state index contributed by atoms with van der Waals surface area (Å²) in [5, 5.41) is 91.5. The molecule has 9 N–H and O–H groups in total. The van der Waals surface area contributed by atoms with Gasteiger partial charge in [-0.2, -0.15) is 0 Å². The Morgan fingerprint density at radius 3 is 2.06 bits per heavy atom. The van der Waals surface area contributed by atoms with E-state index in [1.165, 1.54) is 0 Å². The molecule has 0 bridgehead atoms. The maximum Gasteiger partial charge on any atom is 0.339 e. The molecule has 1 aliphatic carbocycles. The van der Waals surface area contributed by atoms with Crippen molar-refractivity contribution in [3.63, 3.8) is 0 Å². The fourth-order valence-corrected chi connectivity index (χ4v) is 4.58. The van der Waals surface area contributed by atoms with E-state index in [2.05, 4.69) is 0 Å². The van der Waals surface area contributed by atoms with Crippen LogP contribution in [0.1, 0.15) is 59.4 Å². The van der Waals surface area contributed by atoms with E-state index in [1.54, 1.807) is 0 Å². The highest BCUT2D eigenvalue weighted by molar-refractivity contribution is 6.31. The first-order valence-electron chi connectivity index (χ1n) is 10.2. The van der Waals surface area contributed by atoms with Gasteiger partial charge in [0.15, 0.2) is 23.1 Å². The lowest BCUT2D eigenvalue weighted by molar-refractivity contribution is -0.232. The fourth-order valence-electron chi connectivity index (χ4n) is 4.58. The molecule has 1 heterocycles. The van der Waals surface area contributed by atoms with E-state index < -0.39 is 111 Å². The Morgan fingerprint density at radius 1 is 0.886 bits per heavy atom. The summed E-state index contributed by atoms with van der Waals surface area (Å²) in [5.74, 6) is -8.24. The smallest absolute Gasteiger partial charge is 0.339 e. The average Bonchev–Trinajstić information content (AvgIpc) is 2.79. The van der Waals surface area contributed by atoms with Gasteiger partial charge in [0.2, 0.25) is 0 Å². The van der Waals surface area contributed by atoms with E-state index >= 15 is 0 Å². The van der Waals surface area contributed by atoms with Crippen LogP contribution in [0.3, 0.4) is 0 Å². The van der Waals surface area contributed by atoms with Crippen molar-refractivity contribution < 1.29 is 65.1 Å². The number of carbonyl (C=O) groups excluding carboxylic acids is 2. The number of carboxylic acid groups (broad SMARTS) is 1. The van der Waals surface area contributed by atoms with Crippen LogP contribution < -0.4 is 0 Å². The van der Waals surface area contributed by atoms with Gasteiger partial charge in [-0.25, -0.2) is 4.79 Å². The van der Waals surface area contributed by atoms with Crippen molar-refractivity contribution in [2.45, 2.75) is 37.4 Å². The minimum absolute atomic E-state index is 0.308. The van der Waals surface area contributed by atoms with Crippen molar-refractivity contribution in [2.24, 2.45) is 0 Å². The second-order valence-electron chi connectivity index (χ2n) is 8.24. The Hall–Kier alpha value is -3.75. The van der Waals surface area contributed by atoms with Crippen molar-refractivity contribution in [3.8, 4) is 23.0 Å². The number of ketones is 2. The molecule has 2 aromatic rings. The molecular formula is C22H20O13. The molecule has 13 heteroatoms. The number of phenols is 4. The van der Waals surface area contributed by atoms with E-state index in [0.29, 0.717) is 6.07 Å². The van der Waals surface area contributed by atoms with Crippen LogP contribution in [0.25, 0.3) is 0 Å². The van der Waals surface area contributed by atoms with Crippen molar-refractivity contribution >= 4 is 17.5 Å². The zero-order chi connectivity index (χ0) is 26.1. The second kappa shape index (κ2) is 8.18. The summed E-state index contributed by atoms with van der Waals surface area (Å²) in [6, 6.07) is 0.716. The number of aromatic hydroxyl groups is 4. The lowest BCUT2D eigenvalue weighted by Gasteiger charge is -2.40. The third-order valence-corrected chi connectivity index (χ3v) is 6.33. The van der Waals surface area contributed by atoms with Gasteiger partial charge in [-0.05, 0) is 18.6 Å². The first-order chi connectivity index (χ1) is 16.3. The van der Waals surface area contributed by atoms with Crippen molar-refractivity contribution in [1.29, 1.82) is 0 Å². The summed E-state index contributed by atoms with van der Waals surface area (Å²) in [6.07, 6.45) is -9.12. The number of carboxylic acids is 1. The van der Waals surface area contributed by atoms with Crippen LogP contribution in [-0.4, -0.2) is 94.5 Å². The molecule has 35 heavy (non-hydrogen) atoms. The summed E-state index contributed by atoms with van der Waals surface area (Å²) in [6.45, 7) is 0.291. The molecule has 0 amide bonds. The van der Waals surface area contributed by atoms with Crippen LogP contribution in [0.2, 0.25) is 0 Å². The van der Waals surface area contributed by atoms with Crippen LogP contribution >= 0.6 is 0 Å². The van der Waals surface area contributed by atoms with Gasteiger partial charge in [-0.15, -0.1) is 0 Å². The largest absolute Gasteiger partial charge is 0.507 e. The third-order valence-electron chi connectivity index (χ3n) is 6.33. The summed E-state index contributed by atoms with van der Waals surface area (Å²) in [7, 11) is 0. The third kappa shape index (κ3) is 3.25. The number of aromatic carboxylic acids is 1. The molecule has 13 nitrogen and oxygen atoms in total. The van der Waals surface area contributed by atoms with E-state index in [9.17, 15) is 60.3 Å². The number of hydrogen-bond acceptors (Lipinski definition) is 12. The number of hydrogen-bond donors (Lipinski definition) is 9.